The Labute approximate surface area is 203 Å². The van der Waals surface area contributed by atoms with Crippen molar-refractivity contribution in [3.05, 3.63) is 12.2 Å². The van der Waals surface area contributed by atoms with Gasteiger partial charge in [0.25, 0.3) is 6.47 Å². The van der Waals surface area contributed by atoms with Crippen molar-refractivity contribution in [2.45, 2.75) is 67.8 Å². The third-order valence-corrected chi connectivity index (χ3v) is 8.66. The number of aliphatic hydroxyl groups excluding tert-OH is 3. The number of carboxylic acid groups (broad SMARTS) is 1. The lowest BCUT2D eigenvalue weighted by molar-refractivity contribution is -0.203. The van der Waals surface area contributed by atoms with E-state index in [-0.39, 0.29) is 12.4 Å². The summed E-state index contributed by atoms with van der Waals surface area (Å²) in [4.78, 5) is 10.7. The van der Waals surface area contributed by atoms with Crippen molar-refractivity contribution >= 4 is 29.6 Å². The molecule has 0 spiro atoms. The number of carbonyl (C=O) groups is 1. The van der Waals surface area contributed by atoms with Crippen molar-refractivity contribution in [3.8, 4) is 0 Å². The van der Waals surface area contributed by atoms with Gasteiger partial charge in [0.05, 0.1) is 19.3 Å². The quantitative estimate of drug-likeness (QED) is 0.190. The van der Waals surface area contributed by atoms with Crippen LogP contribution in [-0.2, 0) is 25.6 Å². The van der Waals surface area contributed by atoms with Crippen LogP contribution in [0.15, 0.2) is 12.2 Å². The molecular weight excluding hydrogens is 472 g/mol. The first-order chi connectivity index (χ1) is 15.6. The maximum Gasteiger partial charge on any atom is 0.290 e. The van der Waals surface area contributed by atoms with E-state index in [9.17, 15) is 19.9 Å². The van der Waals surface area contributed by atoms with Gasteiger partial charge in [0.1, 0.15) is 34.6 Å². The zero-order valence-corrected chi connectivity index (χ0v) is 21.0. The summed E-state index contributed by atoms with van der Waals surface area (Å²) in [6.45, 7) is 9.55. The van der Waals surface area contributed by atoms with E-state index in [1.165, 1.54) is 11.8 Å². The first-order valence-electron chi connectivity index (χ1n) is 11.1. The lowest BCUT2D eigenvalue weighted by Crippen LogP contribution is -2.63. The van der Waals surface area contributed by atoms with Gasteiger partial charge in [-0.3, -0.25) is 9.69 Å². The molecule has 0 aliphatic carbocycles. The van der Waals surface area contributed by atoms with Crippen LogP contribution in [0.25, 0.3) is 0 Å². The number of ether oxygens (including phenoxy) is 2. The standard InChI is InChI=1S/C20H36N2O6S2.CH2O2/c1-20(2,3)30(26)21-14-6-4-5-13(11-22-7-9-27-10-8-22)12-29-19-17(25)15(23)16(24)18(14)28-19;2-1-3/h4-5,13-19,21,23-25H,6-12H2,1-3H3;1H,(H,2,3)/t13-,14+,15-,16+,17+,18+,19+,30?;/m0./s1. The molecule has 3 heterocycles. The van der Waals surface area contributed by atoms with Gasteiger partial charge in [-0.25, -0.2) is 0 Å². The SMILES string of the molecule is CC(C)(C)[S+]([O-])N[C@@H]1CC=C[C@@H](CN2CCOCC2)CS[C@H]2O[C@H]1[C@H](O)[C@H](O)[C@H]2O.O=CO. The first kappa shape index (κ1) is 28.8. The van der Waals surface area contributed by atoms with Crippen LogP contribution in [0.2, 0.25) is 0 Å². The predicted molar refractivity (Wildman–Crippen MR) is 127 cm³/mol. The Morgan fingerprint density at radius 1 is 1.21 bits per heavy atom. The highest BCUT2D eigenvalue weighted by atomic mass is 32.2. The van der Waals surface area contributed by atoms with Gasteiger partial charge in [-0.15, -0.1) is 16.5 Å². The first-order valence-corrected chi connectivity index (χ1v) is 13.3. The molecule has 3 aliphatic heterocycles. The second-order valence-corrected chi connectivity index (χ2v) is 12.5. The maximum atomic E-state index is 12.7. The van der Waals surface area contributed by atoms with E-state index in [0.29, 0.717) is 6.42 Å². The van der Waals surface area contributed by atoms with Gasteiger partial charge in [-0.1, -0.05) is 12.2 Å². The molecule has 0 radical (unpaired) electrons. The molecule has 1 unspecified atom stereocenters. The zero-order chi connectivity index (χ0) is 24.6. The fourth-order valence-electron chi connectivity index (χ4n) is 3.83. The van der Waals surface area contributed by atoms with Crippen LogP contribution in [0.1, 0.15) is 27.2 Å². The largest absolute Gasteiger partial charge is 0.598 e. The minimum atomic E-state index is -1.37. The number of aliphatic hydroxyl groups is 3. The van der Waals surface area contributed by atoms with Gasteiger partial charge < -0.3 is 34.5 Å². The number of nitrogens with one attached hydrogen (secondary N) is 1. The van der Waals surface area contributed by atoms with Crippen LogP contribution in [0, 0.1) is 5.92 Å². The Hall–Kier alpha value is -0.410. The second-order valence-electron chi connectivity index (χ2n) is 9.32. The topological polar surface area (TPSA) is 155 Å². The molecule has 0 aromatic heterocycles. The van der Waals surface area contributed by atoms with Crippen molar-refractivity contribution in [2.24, 2.45) is 5.92 Å². The molecule has 192 valence electrons. The minimum absolute atomic E-state index is 0.248. The highest BCUT2D eigenvalue weighted by molar-refractivity contribution is 7.99. The van der Waals surface area contributed by atoms with Crippen LogP contribution >= 0.6 is 11.8 Å². The highest BCUT2D eigenvalue weighted by Crippen LogP contribution is 2.33. The number of nitrogens with zero attached hydrogens (tertiary/aromatic N) is 1. The molecule has 10 nitrogen and oxygen atoms in total. The van der Waals surface area contributed by atoms with Gasteiger partial charge in [-0.2, -0.15) is 0 Å². The molecule has 5 N–H and O–H groups in total. The monoisotopic (exact) mass is 510 g/mol. The van der Waals surface area contributed by atoms with Crippen LogP contribution in [-0.4, -0.2) is 116 Å². The Kier molecular flexibility index (Phi) is 11.9. The number of thioether (sulfide) groups is 1. The summed E-state index contributed by atoms with van der Waals surface area (Å²) in [6.07, 6.45) is 0.210. The van der Waals surface area contributed by atoms with E-state index in [2.05, 4.69) is 21.8 Å². The lowest BCUT2D eigenvalue weighted by atomic mass is 9.93. The number of morpholine rings is 1. The van der Waals surface area contributed by atoms with Crippen molar-refractivity contribution in [3.63, 3.8) is 0 Å². The molecule has 3 aliphatic rings. The van der Waals surface area contributed by atoms with Gasteiger partial charge in [-0.05, 0) is 33.1 Å². The molecule has 0 saturated carbocycles. The summed E-state index contributed by atoms with van der Waals surface area (Å²) >= 11 is 0.0908. The fraction of sp³-hybridized carbons (Fsp3) is 0.857. The average molecular weight is 511 g/mol. The van der Waals surface area contributed by atoms with Crippen molar-refractivity contribution in [1.29, 1.82) is 0 Å². The molecule has 3 rings (SSSR count). The molecule has 2 bridgehead atoms. The number of hydrogen-bond acceptors (Lipinski definition) is 10. The van der Waals surface area contributed by atoms with E-state index >= 15 is 0 Å². The van der Waals surface area contributed by atoms with Crippen LogP contribution in [0.4, 0.5) is 0 Å². The Morgan fingerprint density at radius 3 is 2.45 bits per heavy atom. The predicted octanol–water partition coefficient (Wildman–Crippen LogP) is -0.443. The van der Waals surface area contributed by atoms with E-state index in [0.717, 1.165) is 38.6 Å². The zero-order valence-electron chi connectivity index (χ0n) is 19.4. The molecular formula is C21H38N2O8S2. The third kappa shape index (κ3) is 8.64. The molecule has 2 saturated heterocycles. The second kappa shape index (κ2) is 13.6. The smallest absolute Gasteiger partial charge is 0.290 e. The molecule has 0 aromatic rings. The number of fused-ring (bicyclic) bond motifs is 2. The van der Waals surface area contributed by atoms with E-state index in [1.807, 2.05) is 20.8 Å². The molecule has 2 fully saturated rings. The van der Waals surface area contributed by atoms with E-state index < -0.39 is 52.0 Å². The third-order valence-electron chi connectivity index (χ3n) is 5.69. The fourth-order valence-corrected chi connectivity index (χ4v) is 5.91. The highest BCUT2D eigenvalue weighted by Gasteiger charge is 2.48. The van der Waals surface area contributed by atoms with Crippen LogP contribution in [0.5, 0.6) is 0 Å². The molecule has 0 amide bonds. The Morgan fingerprint density at radius 2 is 1.85 bits per heavy atom. The summed E-state index contributed by atoms with van der Waals surface area (Å²) in [5.41, 5.74) is -0.653. The summed E-state index contributed by atoms with van der Waals surface area (Å²) in [6, 6.07) is -0.455. The van der Waals surface area contributed by atoms with Gasteiger partial charge in [0.2, 0.25) is 0 Å². The van der Waals surface area contributed by atoms with Crippen molar-refractivity contribution < 1.29 is 39.2 Å². The Bertz CT molecular complexity index is 618. The molecule has 33 heavy (non-hydrogen) atoms. The minimum Gasteiger partial charge on any atom is -0.598 e. The van der Waals surface area contributed by atoms with Gasteiger partial charge in [0, 0.05) is 36.7 Å². The average Bonchev–Trinajstić information content (AvgIpc) is 2.76. The molecule has 8 atom stereocenters. The van der Waals surface area contributed by atoms with E-state index in [4.69, 9.17) is 19.4 Å². The number of hydrogen-bond donors (Lipinski definition) is 5. The van der Waals surface area contributed by atoms with Crippen molar-refractivity contribution in [1.82, 2.24) is 9.62 Å². The van der Waals surface area contributed by atoms with E-state index in [1.54, 1.807) is 0 Å². The summed E-state index contributed by atoms with van der Waals surface area (Å²) < 4.78 is 26.8. The Balaban J connectivity index is 0.00000122. The van der Waals surface area contributed by atoms with Crippen LogP contribution in [0.3, 0.4) is 0 Å². The maximum absolute atomic E-state index is 12.7. The summed E-state index contributed by atoms with van der Waals surface area (Å²) in [5, 5.41) is 38.4. The van der Waals surface area contributed by atoms with Crippen molar-refractivity contribution in [2.75, 3.05) is 38.6 Å². The number of rotatable bonds is 4. The van der Waals surface area contributed by atoms with Gasteiger partial charge >= 0.3 is 0 Å². The molecule has 0 aromatic carbocycles. The summed E-state index contributed by atoms with van der Waals surface area (Å²) in [7, 11) is 0. The molecule has 12 heteroatoms. The lowest BCUT2D eigenvalue weighted by Gasteiger charge is -2.44. The van der Waals surface area contributed by atoms with Gasteiger partial charge in [0.15, 0.2) is 0 Å². The summed E-state index contributed by atoms with van der Waals surface area (Å²) in [5.74, 6) is 0.982. The van der Waals surface area contributed by atoms with Crippen LogP contribution < -0.4 is 4.72 Å². The normalized spacial score (nSPS) is 36.9.